The molecule has 2 aliphatic rings. The molecule has 10 heteroatoms. The van der Waals surface area contributed by atoms with Gasteiger partial charge < -0.3 is 20.1 Å². The number of hydroxylamine groups is 1. The maximum atomic E-state index is 12.9. The summed E-state index contributed by atoms with van der Waals surface area (Å²) in [5.74, 6) is 0.839. The maximum Gasteiger partial charge on any atom is 0.245 e. The van der Waals surface area contributed by atoms with Gasteiger partial charge in [0.25, 0.3) is 0 Å². The molecule has 1 unspecified atom stereocenters. The summed E-state index contributed by atoms with van der Waals surface area (Å²) in [5.41, 5.74) is 4.46. The lowest BCUT2D eigenvalue weighted by atomic mass is 9.94. The van der Waals surface area contributed by atoms with Gasteiger partial charge in [0.1, 0.15) is 0 Å². The van der Waals surface area contributed by atoms with Crippen molar-refractivity contribution >= 4 is 40.6 Å². The molecule has 0 spiro atoms. The quantitative estimate of drug-likeness (QED) is 0.232. The SMILES string of the molecule is CCOCCNCC(=O)Nc1cccc(-c2ccc([C@@]3(CC(=O)NOC4CCCCO4)CCCCS3)s2)c1. The molecule has 2 aliphatic heterocycles. The lowest BCUT2D eigenvalue weighted by Gasteiger charge is -2.35. The van der Waals surface area contributed by atoms with Gasteiger partial charge in [-0.3, -0.25) is 9.59 Å². The van der Waals surface area contributed by atoms with Crippen molar-refractivity contribution in [3.63, 3.8) is 0 Å². The zero-order valence-corrected chi connectivity index (χ0v) is 23.7. The fourth-order valence-electron chi connectivity index (χ4n) is 4.69. The molecule has 0 aliphatic carbocycles. The van der Waals surface area contributed by atoms with Crippen molar-refractivity contribution in [3.05, 3.63) is 41.3 Å². The van der Waals surface area contributed by atoms with Crippen LogP contribution in [0.25, 0.3) is 10.4 Å². The van der Waals surface area contributed by atoms with E-state index in [4.69, 9.17) is 14.3 Å². The Morgan fingerprint density at radius 2 is 2.05 bits per heavy atom. The van der Waals surface area contributed by atoms with Gasteiger partial charge in [0.2, 0.25) is 11.8 Å². The number of thiophene rings is 1. The molecule has 208 valence electrons. The van der Waals surface area contributed by atoms with Crippen LogP contribution in [-0.2, 0) is 28.6 Å². The van der Waals surface area contributed by atoms with E-state index in [1.807, 2.05) is 36.9 Å². The molecular weight excluding hydrogens is 522 g/mol. The fourth-order valence-corrected chi connectivity index (χ4v) is 7.58. The largest absolute Gasteiger partial charge is 0.380 e. The Labute approximate surface area is 233 Å². The van der Waals surface area contributed by atoms with Gasteiger partial charge in [0, 0.05) is 48.0 Å². The Morgan fingerprint density at radius 3 is 2.84 bits per heavy atom. The van der Waals surface area contributed by atoms with Gasteiger partial charge in [0.05, 0.1) is 17.9 Å². The normalized spacial score (nSPS) is 21.7. The van der Waals surface area contributed by atoms with E-state index in [2.05, 4.69) is 34.3 Å². The average Bonchev–Trinajstić information content (AvgIpc) is 3.45. The highest BCUT2D eigenvalue weighted by atomic mass is 32.2. The number of carbonyl (C=O) groups is 2. The molecule has 1 aromatic heterocycles. The lowest BCUT2D eigenvalue weighted by Crippen LogP contribution is -2.37. The zero-order chi connectivity index (χ0) is 26.6. The first-order valence-electron chi connectivity index (χ1n) is 13.6. The van der Waals surface area contributed by atoms with Crippen molar-refractivity contribution < 1.29 is 23.9 Å². The van der Waals surface area contributed by atoms with Crippen molar-refractivity contribution in [2.75, 3.05) is 44.0 Å². The molecule has 3 heterocycles. The minimum Gasteiger partial charge on any atom is -0.380 e. The molecule has 2 amide bonds. The van der Waals surface area contributed by atoms with E-state index in [1.165, 1.54) is 11.3 Å². The Morgan fingerprint density at radius 1 is 1.13 bits per heavy atom. The topological polar surface area (TPSA) is 97.9 Å². The van der Waals surface area contributed by atoms with Crippen LogP contribution in [-0.4, -0.2) is 56.8 Å². The summed E-state index contributed by atoms with van der Waals surface area (Å²) in [6, 6.07) is 12.2. The number of nitrogens with one attached hydrogen (secondary N) is 3. The first-order valence-corrected chi connectivity index (χ1v) is 15.4. The van der Waals surface area contributed by atoms with Gasteiger partial charge in [-0.2, -0.15) is 0 Å². The summed E-state index contributed by atoms with van der Waals surface area (Å²) < 4.78 is 10.6. The van der Waals surface area contributed by atoms with Crippen LogP contribution < -0.4 is 16.1 Å². The smallest absolute Gasteiger partial charge is 0.245 e. The summed E-state index contributed by atoms with van der Waals surface area (Å²) in [5, 5.41) is 6.06. The van der Waals surface area contributed by atoms with Gasteiger partial charge >= 0.3 is 0 Å². The Kier molecular flexibility index (Phi) is 11.5. The van der Waals surface area contributed by atoms with Crippen LogP contribution in [0.4, 0.5) is 5.69 Å². The van der Waals surface area contributed by atoms with E-state index in [1.54, 1.807) is 11.3 Å². The second kappa shape index (κ2) is 15.0. The van der Waals surface area contributed by atoms with Crippen LogP contribution in [0.2, 0.25) is 0 Å². The lowest BCUT2D eigenvalue weighted by molar-refractivity contribution is -0.200. The number of thioether (sulfide) groups is 1. The number of carbonyl (C=O) groups excluding carboxylic acids is 2. The zero-order valence-electron chi connectivity index (χ0n) is 22.1. The Balaban J connectivity index is 1.38. The van der Waals surface area contributed by atoms with Gasteiger partial charge in [-0.25, -0.2) is 10.3 Å². The standard InChI is InChI=1S/C28H39N3O5S2/c1-2-34-16-14-29-20-26(33)30-22-9-7-8-21(18-22)23-11-12-24(38-23)28(13-4-6-17-37-28)19-25(32)31-36-27-10-3-5-15-35-27/h7-9,11-12,18,27,29H,2-6,10,13-17,19-20H2,1H3,(H,30,33)(H,31,32)/t27?,28-/m0/s1. The molecule has 3 N–H and O–H groups in total. The predicted molar refractivity (Wildman–Crippen MR) is 153 cm³/mol. The average molecular weight is 562 g/mol. The van der Waals surface area contributed by atoms with Crippen LogP contribution in [0.3, 0.4) is 0 Å². The molecule has 8 nitrogen and oxygen atoms in total. The van der Waals surface area contributed by atoms with Crippen LogP contribution in [0, 0.1) is 0 Å². The van der Waals surface area contributed by atoms with Crippen molar-refractivity contribution in [2.24, 2.45) is 0 Å². The predicted octanol–water partition coefficient (Wildman–Crippen LogP) is 5.06. The van der Waals surface area contributed by atoms with Crippen LogP contribution in [0.15, 0.2) is 36.4 Å². The summed E-state index contributed by atoms with van der Waals surface area (Å²) in [7, 11) is 0. The van der Waals surface area contributed by atoms with E-state index in [-0.39, 0.29) is 29.4 Å². The highest BCUT2D eigenvalue weighted by molar-refractivity contribution is 8.00. The Hall–Kier alpha value is -1.95. The molecule has 0 bridgehead atoms. The monoisotopic (exact) mass is 561 g/mol. The van der Waals surface area contributed by atoms with Gasteiger partial charge in [-0.1, -0.05) is 18.6 Å². The third-order valence-electron chi connectivity index (χ3n) is 6.64. The van der Waals surface area contributed by atoms with Crippen LogP contribution in [0.5, 0.6) is 0 Å². The molecule has 2 aromatic rings. The fraction of sp³-hybridized carbons (Fsp3) is 0.571. The number of hydrogen-bond donors (Lipinski definition) is 3. The highest BCUT2D eigenvalue weighted by Crippen LogP contribution is 2.51. The van der Waals surface area contributed by atoms with Gasteiger partial charge in [-0.15, -0.1) is 23.1 Å². The van der Waals surface area contributed by atoms with Crippen molar-refractivity contribution in [1.29, 1.82) is 0 Å². The third-order valence-corrected chi connectivity index (χ3v) is 9.72. The molecule has 0 saturated carbocycles. The summed E-state index contributed by atoms with van der Waals surface area (Å²) in [4.78, 5) is 33.1. The number of benzene rings is 1. The maximum absolute atomic E-state index is 12.9. The number of amides is 2. The number of hydrogen-bond acceptors (Lipinski definition) is 8. The van der Waals surface area contributed by atoms with E-state index in [9.17, 15) is 9.59 Å². The van der Waals surface area contributed by atoms with Gasteiger partial charge in [-0.05, 0) is 68.2 Å². The van der Waals surface area contributed by atoms with Gasteiger partial charge in [0.15, 0.2) is 6.29 Å². The molecule has 2 saturated heterocycles. The number of ether oxygens (including phenoxy) is 2. The second-order valence-electron chi connectivity index (χ2n) is 9.58. The van der Waals surface area contributed by atoms with E-state index in [0.717, 1.165) is 54.0 Å². The first kappa shape index (κ1) is 29.0. The van der Waals surface area contributed by atoms with E-state index in [0.29, 0.717) is 32.8 Å². The van der Waals surface area contributed by atoms with E-state index >= 15 is 0 Å². The molecule has 2 atom stereocenters. The molecular formula is C28H39N3O5S2. The molecule has 2 fully saturated rings. The van der Waals surface area contributed by atoms with Crippen molar-refractivity contribution in [1.82, 2.24) is 10.8 Å². The summed E-state index contributed by atoms with van der Waals surface area (Å²) in [6.45, 7) is 4.75. The number of anilines is 1. The molecule has 1 aromatic carbocycles. The van der Waals surface area contributed by atoms with Crippen LogP contribution in [0.1, 0.15) is 56.7 Å². The van der Waals surface area contributed by atoms with Crippen molar-refractivity contribution in [3.8, 4) is 10.4 Å². The Bertz CT molecular complexity index is 1040. The minimum atomic E-state index is -0.352. The minimum absolute atomic E-state index is 0.0880. The first-order chi connectivity index (χ1) is 18.6. The highest BCUT2D eigenvalue weighted by Gasteiger charge is 2.38. The van der Waals surface area contributed by atoms with Crippen molar-refractivity contribution in [2.45, 2.75) is 62.9 Å². The van der Waals surface area contributed by atoms with E-state index < -0.39 is 0 Å². The third kappa shape index (κ3) is 8.53. The molecule has 0 radical (unpaired) electrons. The summed E-state index contributed by atoms with van der Waals surface area (Å²) >= 11 is 3.60. The number of rotatable bonds is 13. The van der Waals surface area contributed by atoms with Crippen LogP contribution >= 0.6 is 23.1 Å². The molecule has 4 rings (SSSR count). The summed E-state index contributed by atoms with van der Waals surface area (Å²) in [6.07, 6.45) is 6.13. The molecule has 38 heavy (non-hydrogen) atoms. The second-order valence-corrected chi connectivity index (χ2v) is 12.1.